The lowest BCUT2D eigenvalue weighted by Gasteiger charge is -2.22. The highest BCUT2D eigenvalue weighted by molar-refractivity contribution is 4.66. The largest absolute Gasteiger partial charge is 0.329 e. The topological polar surface area (TPSA) is 29.3 Å². The molecule has 0 saturated heterocycles. The van der Waals surface area contributed by atoms with Crippen LogP contribution in [0.4, 0.5) is 0 Å². The van der Waals surface area contributed by atoms with Gasteiger partial charge in [-0.1, -0.05) is 32.1 Å². The highest BCUT2D eigenvalue weighted by Crippen LogP contribution is 2.27. The first-order valence-corrected chi connectivity index (χ1v) is 6.21. The van der Waals surface area contributed by atoms with Crippen LogP contribution >= 0.6 is 0 Å². The van der Waals surface area contributed by atoms with Gasteiger partial charge in [0.25, 0.3) is 0 Å². The average Bonchev–Trinajstić information content (AvgIpc) is 2.20. The summed E-state index contributed by atoms with van der Waals surface area (Å²) in [5.41, 5.74) is 5.50. The Bertz CT molecular complexity index is 130. The second-order valence-corrected chi connectivity index (χ2v) is 4.74. The van der Waals surface area contributed by atoms with Gasteiger partial charge in [0.15, 0.2) is 0 Å². The molecule has 1 aliphatic carbocycles. The van der Waals surface area contributed by atoms with Crippen LogP contribution in [0.25, 0.3) is 0 Å². The Kier molecular flexibility index (Phi) is 6.20. The predicted molar refractivity (Wildman–Crippen MR) is 62.4 cm³/mol. The first-order chi connectivity index (χ1) is 6.83. The lowest BCUT2D eigenvalue weighted by Crippen LogP contribution is -2.26. The monoisotopic (exact) mass is 198 g/mol. The second-order valence-electron chi connectivity index (χ2n) is 4.74. The lowest BCUT2D eigenvalue weighted by atomic mass is 9.86. The highest BCUT2D eigenvalue weighted by Gasteiger charge is 2.12. The maximum atomic E-state index is 5.50. The molecule has 2 heteroatoms. The fourth-order valence-electron chi connectivity index (χ4n) is 2.46. The third-order valence-corrected chi connectivity index (χ3v) is 3.39. The molecule has 0 bridgehead atoms. The third kappa shape index (κ3) is 4.97. The van der Waals surface area contributed by atoms with E-state index in [0.717, 1.165) is 19.0 Å². The van der Waals surface area contributed by atoms with Crippen LogP contribution in [0, 0.1) is 5.92 Å². The fourth-order valence-corrected chi connectivity index (χ4v) is 2.46. The zero-order valence-electron chi connectivity index (χ0n) is 9.67. The Balaban J connectivity index is 1.96. The smallest absolute Gasteiger partial charge is 0.0102 e. The number of nitrogens with zero attached hydrogens (tertiary/aromatic N) is 1. The molecular formula is C12H26N2. The molecule has 0 aromatic heterocycles. The summed E-state index contributed by atoms with van der Waals surface area (Å²) in [5, 5.41) is 0. The van der Waals surface area contributed by atoms with Gasteiger partial charge < -0.3 is 10.6 Å². The molecule has 1 rings (SSSR count). The molecule has 1 saturated carbocycles. The van der Waals surface area contributed by atoms with Crippen molar-refractivity contribution >= 4 is 0 Å². The predicted octanol–water partition coefficient (Wildman–Crippen LogP) is 2.24. The van der Waals surface area contributed by atoms with Crippen molar-refractivity contribution in [2.24, 2.45) is 11.7 Å². The zero-order chi connectivity index (χ0) is 10.2. The van der Waals surface area contributed by atoms with Crippen molar-refractivity contribution in [3.63, 3.8) is 0 Å². The Labute approximate surface area is 88.8 Å². The van der Waals surface area contributed by atoms with Crippen LogP contribution in [0.3, 0.4) is 0 Å². The molecule has 0 aromatic carbocycles. The van der Waals surface area contributed by atoms with Gasteiger partial charge in [0.1, 0.15) is 0 Å². The molecule has 0 aromatic rings. The van der Waals surface area contributed by atoms with E-state index in [2.05, 4.69) is 11.9 Å². The number of rotatable bonds is 6. The SMILES string of the molecule is CN(CCN)CCCC1CCCCC1. The van der Waals surface area contributed by atoms with E-state index in [4.69, 9.17) is 5.73 Å². The second kappa shape index (κ2) is 7.24. The van der Waals surface area contributed by atoms with Crippen molar-refractivity contribution in [1.82, 2.24) is 4.90 Å². The molecule has 0 atom stereocenters. The molecule has 14 heavy (non-hydrogen) atoms. The highest BCUT2D eigenvalue weighted by atomic mass is 15.1. The Morgan fingerprint density at radius 3 is 2.50 bits per heavy atom. The molecule has 0 aliphatic heterocycles. The van der Waals surface area contributed by atoms with E-state index in [9.17, 15) is 0 Å². The van der Waals surface area contributed by atoms with Crippen molar-refractivity contribution in [2.45, 2.75) is 44.9 Å². The Morgan fingerprint density at radius 2 is 1.86 bits per heavy atom. The van der Waals surface area contributed by atoms with Gasteiger partial charge in [0.05, 0.1) is 0 Å². The van der Waals surface area contributed by atoms with Crippen LogP contribution in [0.5, 0.6) is 0 Å². The molecule has 1 fully saturated rings. The minimum Gasteiger partial charge on any atom is -0.329 e. The average molecular weight is 198 g/mol. The van der Waals surface area contributed by atoms with Crippen molar-refractivity contribution in [1.29, 1.82) is 0 Å². The Morgan fingerprint density at radius 1 is 1.14 bits per heavy atom. The van der Waals surface area contributed by atoms with Gasteiger partial charge in [0, 0.05) is 13.1 Å². The van der Waals surface area contributed by atoms with Gasteiger partial charge in [0.2, 0.25) is 0 Å². The summed E-state index contributed by atoms with van der Waals surface area (Å²) in [6, 6.07) is 0. The number of hydrogen-bond acceptors (Lipinski definition) is 2. The maximum Gasteiger partial charge on any atom is 0.0102 e. The summed E-state index contributed by atoms with van der Waals surface area (Å²) in [5.74, 6) is 1.04. The maximum absolute atomic E-state index is 5.50. The molecule has 0 radical (unpaired) electrons. The standard InChI is InChI=1S/C12H26N2/c1-14(11-9-13)10-5-8-12-6-3-2-4-7-12/h12H,2-11,13H2,1H3. The molecule has 0 spiro atoms. The number of likely N-dealkylation sites (N-methyl/N-ethyl adjacent to an activating group) is 1. The first kappa shape index (κ1) is 12.0. The minimum absolute atomic E-state index is 0.792. The summed E-state index contributed by atoms with van der Waals surface area (Å²) in [4.78, 5) is 2.35. The van der Waals surface area contributed by atoms with E-state index in [1.54, 1.807) is 0 Å². The summed E-state index contributed by atoms with van der Waals surface area (Å²) in [6.07, 6.45) is 10.2. The van der Waals surface area contributed by atoms with E-state index < -0.39 is 0 Å². The van der Waals surface area contributed by atoms with Crippen molar-refractivity contribution < 1.29 is 0 Å². The van der Waals surface area contributed by atoms with Crippen LogP contribution in [0.1, 0.15) is 44.9 Å². The van der Waals surface area contributed by atoms with Crippen LogP contribution in [0.15, 0.2) is 0 Å². The van der Waals surface area contributed by atoms with Gasteiger partial charge in [-0.3, -0.25) is 0 Å². The molecule has 2 nitrogen and oxygen atoms in total. The van der Waals surface area contributed by atoms with E-state index in [-0.39, 0.29) is 0 Å². The van der Waals surface area contributed by atoms with Crippen molar-refractivity contribution in [3.8, 4) is 0 Å². The molecule has 1 aliphatic rings. The molecule has 0 heterocycles. The molecule has 0 unspecified atom stereocenters. The Hall–Kier alpha value is -0.0800. The fraction of sp³-hybridized carbons (Fsp3) is 1.00. The molecular weight excluding hydrogens is 172 g/mol. The van der Waals surface area contributed by atoms with Gasteiger partial charge in [-0.05, 0) is 32.4 Å². The molecule has 84 valence electrons. The third-order valence-electron chi connectivity index (χ3n) is 3.39. The lowest BCUT2D eigenvalue weighted by molar-refractivity contribution is 0.289. The quantitative estimate of drug-likeness (QED) is 0.709. The van der Waals surface area contributed by atoms with E-state index in [0.29, 0.717) is 0 Å². The van der Waals surface area contributed by atoms with Crippen LogP contribution in [-0.4, -0.2) is 31.6 Å². The number of hydrogen-bond donors (Lipinski definition) is 1. The summed E-state index contributed by atoms with van der Waals surface area (Å²) in [7, 11) is 2.17. The van der Waals surface area contributed by atoms with Gasteiger partial charge in [-0.2, -0.15) is 0 Å². The summed E-state index contributed by atoms with van der Waals surface area (Å²) < 4.78 is 0. The van der Waals surface area contributed by atoms with Crippen molar-refractivity contribution in [3.05, 3.63) is 0 Å². The van der Waals surface area contributed by atoms with E-state index >= 15 is 0 Å². The number of nitrogens with two attached hydrogens (primary N) is 1. The van der Waals surface area contributed by atoms with Crippen LogP contribution in [-0.2, 0) is 0 Å². The summed E-state index contributed by atoms with van der Waals surface area (Å²) in [6.45, 7) is 3.07. The van der Waals surface area contributed by atoms with Gasteiger partial charge in [-0.25, -0.2) is 0 Å². The minimum atomic E-state index is 0.792. The van der Waals surface area contributed by atoms with E-state index in [1.807, 2.05) is 0 Å². The van der Waals surface area contributed by atoms with Gasteiger partial charge in [-0.15, -0.1) is 0 Å². The molecule has 2 N–H and O–H groups in total. The van der Waals surface area contributed by atoms with Crippen LogP contribution in [0.2, 0.25) is 0 Å². The van der Waals surface area contributed by atoms with E-state index in [1.165, 1.54) is 51.5 Å². The van der Waals surface area contributed by atoms with Gasteiger partial charge >= 0.3 is 0 Å². The molecule has 0 amide bonds. The van der Waals surface area contributed by atoms with Crippen molar-refractivity contribution in [2.75, 3.05) is 26.7 Å². The first-order valence-electron chi connectivity index (χ1n) is 6.21. The zero-order valence-corrected chi connectivity index (χ0v) is 9.67. The van der Waals surface area contributed by atoms with Crippen LogP contribution < -0.4 is 5.73 Å². The normalized spacial score (nSPS) is 19.1. The summed E-state index contributed by atoms with van der Waals surface area (Å²) >= 11 is 0.